The van der Waals surface area contributed by atoms with Crippen LogP contribution in [0, 0.1) is 4.77 Å². The molecule has 1 aromatic heterocycles. The molecule has 0 fully saturated rings. The normalized spacial score (nSPS) is 11.9. The van der Waals surface area contributed by atoms with Crippen molar-refractivity contribution in [2.24, 2.45) is 4.99 Å². The Balaban J connectivity index is 2.33. The summed E-state index contributed by atoms with van der Waals surface area (Å²) in [5.41, 5.74) is -0.254. The first-order chi connectivity index (χ1) is 10.3. The number of rotatable bonds is 4. The molecule has 0 saturated carbocycles. The largest absolute Gasteiger partial charge is 0.494 e. The van der Waals surface area contributed by atoms with Gasteiger partial charge in [0.25, 0.3) is 5.56 Å². The van der Waals surface area contributed by atoms with Crippen LogP contribution in [-0.2, 0) is 10.0 Å². The summed E-state index contributed by atoms with van der Waals surface area (Å²) in [6, 6.07) is 5.69. The smallest absolute Gasteiger partial charge is 0.264 e. The van der Waals surface area contributed by atoms with Crippen molar-refractivity contribution in [3.63, 3.8) is 0 Å². The maximum absolute atomic E-state index is 11.6. The van der Waals surface area contributed by atoms with Gasteiger partial charge < -0.3 is 10.1 Å². The van der Waals surface area contributed by atoms with Crippen molar-refractivity contribution in [1.82, 2.24) is 14.7 Å². The molecule has 22 heavy (non-hydrogen) atoms. The summed E-state index contributed by atoms with van der Waals surface area (Å²) in [5.74, 6) is -0.396. The molecule has 116 valence electrons. The molecule has 0 spiro atoms. The first kappa shape index (κ1) is 16.1. The number of nitrogens with zero attached hydrogens (tertiary/aromatic N) is 1. The fourth-order valence-corrected chi connectivity index (χ4v) is 2.49. The Morgan fingerprint density at radius 1 is 1.27 bits per heavy atom. The lowest BCUT2D eigenvalue weighted by Gasteiger charge is -2.02. The summed E-state index contributed by atoms with van der Waals surface area (Å²) in [6.07, 6.45) is 1.15. The van der Waals surface area contributed by atoms with E-state index in [0.29, 0.717) is 5.69 Å². The predicted molar refractivity (Wildman–Crippen MR) is 83.9 cm³/mol. The van der Waals surface area contributed by atoms with Crippen LogP contribution in [0.2, 0.25) is 0 Å². The number of aliphatic imine (C=N–C) groups is 1. The summed E-state index contributed by atoms with van der Waals surface area (Å²) in [4.78, 5) is 20.4. The standard InChI is InChI=1S/C12H12N4O4S2/c1-13-22(19,20)8-4-2-7(3-5-8)14-6-9-10(17)15-12(21)16-11(9)18/h2-6,13H,1H3,(H3,15,16,17,18,21). The van der Waals surface area contributed by atoms with Gasteiger partial charge in [-0.05, 0) is 43.5 Å². The van der Waals surface area contributed by atoms with E-state index in [-0.39, 0.29) is 15.2 Å². The van der Waals surface area contributed by atoms with Crippen molar-refractivity contribution in [1.29, 1.82) is 0 Å². The highest BCUT2D eigenvalue weighted by atomic mass is 32.2. The zero-order chi connectivity index (χ0) is 16.3. The highest BCUT2D eigenvalue weighted by Gasteiger charge is 2.10. The second kappa shape index (κ2) is 6.22. The molecule has 0 aliphatic carbocycles. The molecule has 0 aliphatic heterocycles. The van der Waals surface area contributed by atoms with Gasteiger partial charge in [-0.25, -0.2) is 13.1 Å². The fourth-order valence-electron chi connectivity index (χ4n) is 1.57. The molecule has 10 heteroatoms. The minimum absolute atomic E-state index is 0.00118. The molecule has 8 nitrogen and oxygen atoms in total. The molecule has 0 atom stereocenters. The minimum atomic E-state index is -3.51. The van der Waals surface area contributed by atoms with Crippen molar-refractivity contribution in [3.05, 3.63) is 45.0 Å². The molecule has 0 radical (unpaired) electrons. The average Bonchev–Trinajstić information content (AvgIpc) is 2.46. The first-order valence-corrected chi connectivity index (χ1v) is 7.86. The van der Waals surface area contributed by atoms with E-state index in [1.165, 1.54) is 31.3 Å². The Morgan fingerprint density at radius 3 is 2.45 bits per heavy atom. The van der Waals surface area contributed by atoms with E-state index in [2.05, 4.69) is 19.7 Å². The lowest BCUT2D eigenvalue weighted by atomic mass is 10.3. The Morgan fingerprint density at radius 2 is 1.91 bits per heavy atom. The number of hydrogen-bond donors (Lipinski definition) is 4. The zero-order valence-electron chi connectivity index (χ0n) is 11.3. The highest BCUT2D eigenvalue weighted by Crippen LogP contribution is 2.16. The van der Waals surface area contributed by atoms with Crippen molar-refractivity contribution >= 4 is 34.1 Å². The quantitative estimate of drug-likeness (QED) is 0.483. The number of aromatic hydroxyl groups is 1. The molecular weight excluding hydrogens is 328 g/mol. The van der Waals surface area contributed by atoms with Crippen LogP contribution in [0.5, 0.6) is 5.88 Å². The number of H-pyrrole nitrogens is 2. The Kier molecular flexibility index (Phi) is 4.54. The van der Waals surface area contributed by atoms with Crippen molar-refractivity contribution < 1.29 is 13.5 Å². The van der Waals surface area contributed by atoms with Crippen LogP contribution in [0.25, 0.3) is 0 Å². The monoisotopic (exact) mass is 340 g/mol. The summed E-state index contributed by atoms with van der Waals surface area (Å²) in [6.45, 7) is 0. The molecule has 2 aromatic rings. The van der Waals surface area contributed by atoms with E-state index in [0.717, 1.165) is 6.21 Å². The van der Waals surface area contributed by atoms with Crippen LogP contribution in [-0.4, -0.2) is 36.8 Å². The van der Waals surface area contributed by atoms with E-state index < -0.39 is 21.5 Å². The highest BCUT2D eigenvalue weighted by molar-refractivity contribution is 7.89. The number of benzene rings is 1. The first-order valence-electron chi connectivity index (χ1n) is 5.97. The van der Waals surface area contributed by atoms with Crippen LogP contribution in [0.1, 0.15) is 5.56 Å². The molecule has 2 rings (SSSR count). The van der Waals surface area contributed by atoms with Crippen LogP contribution < -0.4 is 10.3 Å². The van der Waals surface area contributed by atoms with E-state index in [4.69, 9.17) is 12.2 Å². The van der Waals surface area contributed by atoms with E-state index in [9.17, 15) is 18.3 Å². The van der Waals surface area contributed by atoms with Crippen LogP contribution in [0.3, 0.4) is 0 Å². The molecular formula is C12H12N4O4S2. The zero-order valence-corrected chi connectivity index (χ0v) is 13.0. The number of nitrogens with one attached hydrogen (secondary N) is 3. The van der Waals surface area contributed by atoms with E-state index >= 15 is 0 Å². The van der Waals surface area contributed by atoms with Crippen molar-refractivity contribution in [2.75, 3.05) is 7.05 Å². The van der Waals surface area contributed by atoms with Crippen LogP contribution in [0.4, 0.5) is 5.69 Å². The molecule has 1 heterocycles. The van der Waals surface area contributed by atoms with Gasteiger partial charge in [0.05, 0.1) is 10.6 Å². The Labute approximate surface area is 130 Å². The van der Waals surface area contributed by atoms with Gasteiger partial charge in [-0.3, -0.25) is 14.8 Å². The molecule has 0 aliphatic rings. The van der Waals surface area contributed by atoms with Gasteiger partial charge in [0.2, 0.25) is 15.9 Å². The predicted octanol–water partition coefficient (Wildman–Crippen LogP) is 0.797. The third-order valence-corrected chi connectivity index (χ3v) is 4.35. The van der Waals surface area contributed by atoms with Gasteiger partial charge in [-0.15, -0.1) is 0 Å². The topological polar surface area (TPSA) is 127 Å². The van der Waals surface area contributed by atoms with Crippen molar-refractivity contribution in [3.8, 4) is 5.88 Å². The molecule has 0 unspecified atom stereocenters. The van der Waals surface area contributed by atoms with Crippen molar-refractivity contribution in [2.45, 2.75) is 4.90 Å². The molecule has 4 N–H and O–H groups in total. The third kappa shape index (κ3) is 3.47. The molecule has 0 amide bonds. The van der Waals surface area contributed by atoms with Gasteiger partial charge in [-0.2, -0.15) is 0 Å². The minimum Gasteiger partial charge on any atom is -0.494 e. The lowest BCUT2D eigenvalue weighted by molar-refractivity contribution is 0.449. The van der Waals surface area contributed by atoms with E-state index in [1.54, 1.807) is 0 Å². The maximum Gasteiger partial charge on any atom is 0.264 e. The van der Waals surface area contributed by atoms with Gasteiger partial charge >= 0.3 is 0 Å². The molecule has 0 bridgehead atoms. The maximum atomic E-state index is 11.6. The van der Waals surface area contributed by atoms with E-state index in [1.807, 2.05) is 0 Å². The van der Waals surface area contributed by atoms with Gasteiger partial charge in [0.15, 0.2) is 4.77 Å². The number of sulfonamides is 1. The van der Waals surface area contributed by atoms with Gasteiger partial charge in [0, 0.05) is 6.21 Å². The lowest BCUT2D eigenvalue weighted by Crippen LogP contribution is -2.18. The Hall–Kier alpha value is -2.30. The number of aromatic amines is 2. The van der Waals surface area contributed by atoms with Gasteiger partial charge in [0.1, 0.15) is 5.56 Å². The average molecular weight is 340 g/mol. The summed E-state index contributed by atoms with van der Waals surface area (Å²) >= 11 is 4.71. The second-order valence-corrected chi connectivity index (χ2v) is 6.42. The Bertz CT molecular complexity index is 927. The van der Waals surface area contributed by atoms with Crippen LogP contribution in [0.15, 0.2) is 38.9 Å². The summed E-state index contributed by atoms with van der Waals surface area (Å²) < 4.78 is 25.3. The molecule has 1 aromatic carbocycles. The summed E-state index contributed by atoms with van der Waals surface area (Å²) in [7, 11) is -2.20. The third-order valence-electron chi connectivity index (χ3n) is 2.72. The van der Waals surface area contributed by atoms with Crippen LogP contribution >= 0.6 is 12.2 Å². The van der Waals surface area contributed by atoms with Gasteiger partial charge in [-0.1, -0.05) is 0 Å². The number of hydrogen-bond acceptors (Lipinski definition) is 6. The number of aromatic nitrogens is 2. The second-order valence-electron chi connectivity index (χ2n) is 4.13. The fraction of sp³-hybridized carbons (Fsp3) is 0.0833. The molecule has 0 saturated heterocycles. The summed E-state index contributed by atoms with van der Waals surface area (Å²) in [5, 5.41) is 9.61. The SMILES string of the molecule is CNS(=O)(=O)c1ccc(N=Cc2c(O)[nH]c(=S)[nH]c2=O)cc1.